The van der Waals surface area contributed by atoms with Crippen molar-refractivity contribution in [1.82, 2.24) is 15.5 Å². The number of hydrogen-bond acceptors (Lipinski definition) is 7. The van der Waals surface area contributed by atoms with Gasteiger partial charge in [-0.3, -0.25) is 9.59 Å². The van der Waals surface area contributed by atoms with Crippen LogP contribution in [0.5, 0.6) is 0 Å². The van der Waals surface area contributed by atoms with E-state index in [1.165, 1.54) is 4.90 Å². The number of amides is 2. The van der Waals surface area contributed by atoms with E-state index in [0.717, 1.165) is 0 Å². The SMILES string of the molecule is CNC(C)c1nnc(N(CC(N)=O)CC(N)=O)o1. The molecule has 0 aliphatic rings. The van der Waals surface area contributed by atoms with Crippen molar-refractivity contribution < 1.29 is 14.0 Å². The van der Waals surface area contributed by atoms with Gasteiger partial charge in [-0.25, -0.2) is 0 Å². The summed E-state index contributed by atoms with van der Waals surface area (Å²) in [7, 11) is 1.74. The van der Waals surface area contributed by atoms with Crippen LogP contribution in [0.1, 0.15) is 18.9 Å². The molecule has 0 fully saturated rings. The van der Waals surface area contributed by atoms with Gasteiger partial charge < -0.3 is 26.1 Å². The number of nitrogens with one attached hydrogen (secondary N) is 1. The Labute approximate surface area is 104 Å². The summed E-state index contributed by atoms with van der Waals surface area (Å²) >= 11 is 0. The first kappa shape index (κ1) is 13.9. The molecule has 0 bridgehead atoms. The minimum absolute atomic E-state index is 0.0321. The lowest BCUT2D eigenvalue weighted by atomic mass is 10.3. The molecule has 0 saturated carbocycles. The van der Waals surface area contributed by atoms with Crippen molar-refractivity contribution in [1.29, 1.82) is 0 Å². The summed E-state index contributed by atoms with van der Waals surface area (Å²) in [6, 6.07) is -0.111. The van der Waals surface area contributed by atoms with Crippen molar-refractivity contribution in [2.24, 2.45) is 11.5 Å². The average Bonchev–Trinajstić information content (AvgIpc) is 2.75. The molecule has 5 N–H and O–H groups in total. The van der Waals surface area contributed by atoms with Gasteiger partial charge in [-0.1, -0.05) is 5.10 Å². The lowest BCUT2D eigenvalue weighted by Crippen LogP contribution is -2.39. The van der Waals surface area contributed by atoms with Crippen molar-refractivity contribution in [3.63, 3.8) is 0 Å². The topological polar surface area (TPSA) is 140 Å². The van der Waals surface area contributed by atoms with Crippen LogP contribution in [0, 0.1) is 0 Å². The Kier molecular flexibility index (Phi) is 4.60. The number of anilines is 1. The van der Waals surface area contributed by atoms with Gasteiger partial charge in [0.2, 0.25) is 17.7 Å². The largest absolute Gasteiger partial charge is 0.406 e. The fourth-order valence-corrected chi connectivity index (χ4v) is 1.22. The van der Waals surface area contributed by atoms with Crippen molar-refractivity contribution in [2.45, 2.75) is 13.0 Å². The van der Waals surface area contributed by atoms with Crippen LogP contribution in [0.15, 0.2) is 4.42 Å². The third kappa shape index (κ3) is 3.70. The quantitative estimate of drug-likeness (QED) is 0.518. The van der Waals surface area contributed by atoms with Crippen LogP contribution in [0.4, 0.5) is 6.01 Å². The van der Waals surface area contributed by atoms with Gasteiger partial charge in [0, 0.05) is 0 Å². The molecule has 100 valence electrons. The molecule has 1 aromatic heterocycles. The van der Waals surface area contributed by atoms with Crippen LogP contribution in [0.25, 0.3) is 0 Å². The van der Waals surface area contributed by atoms with Crippen LogP contribution in [0.2, 0.25) is 0 Å². The maximum atomic E-state index is 10.9. The van der Waals surface area contributed by atoms with Crippen LogP contribution in [-0.4, -0.2) is 42.1 Å². The number of aromatic nitrogens is 2. The molecule has 1 unspecified atom stereocenters. The molecular weight excluding hydrogens is 240 g/mol. The Morgan fingerprint density at radius 3 is 2.33 bits per heavy atom. The summed E-state index contributed by atoms with van der Waals surface area (Å²) in [5, 5.41) is 10.5. The number of primary amides is 2. The van der Waals surface area contributed by atoms with Crippen LogP contribution < -0.4 is 21.7 Å². The van der Waals surface area contributed by atoms with Gasteiger partial charge >= 0.3 is 6.01 Å². The third-order valence-electron chi connectivity index (χ3n) is 2.20. The van der Waals surface area contributed by atoms with E-state index in [1.54, 1.807) is 7.05 Å². The van der Waals surface area contributed by atoms with E-state index in [2.05, 4.69) is 15.5 Å². The first-order valence-electron chi connectivity index (χ1n) is 5.26. The molecule has 1 rings (SSSR count). The molecule has 0 aliphatic carbocycles. The molecule has 0 saturated heterocycles. The van der Waals surface area contributed by atoms with Gasteiger partial charge in [-0.2, -0.15) is 0 Å². The highest BCUT2D eigenvalue weighted by Crippen LogP contribution is 2.16. The molecule has 0 spiro atoms. The van der Waals surface area contributed by atoms with Crippen molar-refractivity contribution >= 4 is 17.8 Å². The Bertz CT molecular complexity index is 416. The van der Waals surface area contributed by atoms with Gasteiger partial charge in [-0.05, 0) is 14.0 Å². The molecule has 0 radical (unpaired) electrons. The van der Waals surface area contributed by atoms with Gasteiger partial charge in [0.1, 0.15) is 13.1 Å². The first-order valence-corrected chi connectivity index (χ1v) is 5.26. The number of rotatable bonds is 7. The second-order valence-electron chi connectivity index (χ2n) is 3.72. The van der Waals surface area contributed by atoms with Crippen molar-refractivity contribution in [2.75, 3.05) is 25.0 Å². The Morgan fingerprint density at radius 1 is 1.33 bits per heavy atom. The fourth-order valence-electron chi connectivity index (χ4n) is 1.22. The molecule has 18 heavy (non-hydrogen) atoms. The van der Waals surface area contributed by atoms with E-state index in [9.17, 15) is 9.59 Å². The van der Waals surface area contributed by atoms with Gasteiger partial charge in [0.05, 0.1) is 6.04 Å². The minimum Gasteiger partial charge on any atom is -0.406 e. The number of carbonyl (C=O) groups is 2. The fraction of sp³-hybridized carbons (Fsp3) is 0.556. The molecule has 1 atom stereocenters. The molecule has 0 aromatic carbocycles. The van der Waals surface area contributed by atoms with E-state index >= 15 is 0 Å². The van der Waals surface area contributed by atoms with Crippen LogP contribution in [-0.2, 0) is 9.59 Å². The maximum absolute atomic E-state index is 10.9. The zero-order valence-corrected chi connectivity index (χ0v) is 10.2. The number of nitrogens with two attached hydrogens (primary N) is 2. The van der Waals surface area contributed by atoms with Gasteiger partial charge in [-0.15, -0.1) is 5.10 Å². The average molecular weight is 256 g/mol. The monoisotopic (exact) mass is 256 g/mol. The number of hydrogen-bond donors (Lipinski definition) is 3. The first-order chi connectivity index (χ1) is 8.43. The molecule has 1 aromatic rings. The van der Waals surface area contributed by atoms with E-state index in [-0.39, 0.29) is 25.1 Å². The van der Waals surface area contributed by atoms with Crippen molar-refractivity contribution in [3.8, 4) is 0 Å². The maximum Gasteiger partial charge on any atom is 0.319 e. The molecule has 9 heteroatoms. The van der Waals surface area contributed by atoms with Gasteiger partial charge in [0.25, 0.3) is 0 Å². The Balaban J connectivity index is 2.87. The minimum atomic E-state index is -0.627. The van der Waals surface area contributed by atoms with E-state index in [4.69, 9.17) is 15.9 Å². The molecule has 9 nitrogen and oxygen atoms in total. The number of nitrogens with zero attached hydrogens (tertiary/aromatic N) is 3. The second kappa shape index (κ2) is 5.96. The van der Waals surface area contributed by atoms with E-state index < -0.39 is 11.8 Å². The summed E-state index contributed by atoms with van der Waals surface area (Å²) < 4.78 is 5.33. The van der Waals surface area contributed by atoms with Crippen LogP contribution in [0.3, 0.4) is 0 Å². The Hall–Kier alpha value is -2.16. The zero-order chi connectivity index (χ0) is 13.7. The molecule has 0 aliphatic heterocycles. The van der Waals surface area contributed by atoms with E-state index in [0.29, 0.717) is 5.89 Å². The predicted molar refractivity (Wildman–Crippen MR) is 62.4 cm³/mol. The normalized spacial score (nSPS) is 12.1. The standard InChI is InChI=1S/C9H16N6O3/c1-5(12-2)8-13-14-9(18-8)15(3-6(10)16)4-7(11)17/h5,12H,3-4H2,1-2H3,(H2,10,16)(H2,11,17). The predicted octanol–water partition coefficient (Wildman–Crippen LogP) is -1.87. The van der Waals surface area contributed by atoms with E-state index in [1.807, 2.05) is 6.92 Å². The highest BCUT2D eigenvalue weighted by Gasteiger charge is 2.20. The molecular formula is C9H16N6O3. The molecule has 2 amide bonds. The lowest BCUT2D eigenvalue weighted by Gasteiger charge is -2.15. The zero-order valence-electron chi connectivity index (χ0n) is 10.2. The summed E-state index contributed by atoms with van der Waals surface area (Å²) in [5.41, 5.74) is 10.1. The van der Waals surface area contributed by atoms with Crippen molar-refractivity contribution in [3.05, 3.63) is 5.89 Å². The molecule has 1 heterocycles. The summed E-state index contributed by atoms with van der Waals surface area (Å²) in [6.45, 7) is 1.38. The highest BCUT2D eigenvalue weighted by molar-refractivity contribution is 5.83. The number of carbonyl (C=O) groups excluding carboxylic acids is 2. The highest BCUT2D eigenvalue weighted by atomic mass is 16.4. The summed E-state index contributed by atoms with van der Waals surface area (Å²) in [5.74, 6) is -0.915. The van der Waals surface area contributed by atoms with Gasteiger partial charge in [0.15, 0.2) is 0 Å². The summed E-state index contributed by atoms with van der Waals surface area (Å²) in [6.07, 6.45) is 0. The second-order valence-corrected chi connectivity index (χ2v) is 3.72. The smallest absolute Gasteiger partial charge is 0.319 e. The lowest BCUT2D eigenvalue weighted by molar-refractivity contribution is -0.117. The third-order valence-corrected chi connectivity index (χ3v) is 2.20. The Morgan fingerprint density at radius 2 is 1.89 bits per heavy atom. The van der Waals surface area contributed by atoms with Crippen LogP contribution >= 0.6 is 0 Å². The summed E-state index contributed by atoms with van der Waals surface area (Å²) in [4.78, 5) is 23.0.